The molecular formula is C26H38FNO2. The van der Waals surface area contributed by atoms with Crippen LogP contribution in [0.25, 0.3) is 0 Å². The molecule has 0 amide bonds. The van der Waals surface area contributed by atoms with E-state index in [0.717, 1.165) is 5.92 Å². The van der Waals surface area contributed by atoms with Crippen LogP contribution in [0.1, 0.15) is 101 Å². The lowest BCUT2D eigenvalue weighted by Crippen LogP contribution is -2.34. The number of nitriles is 1. The van der Waals surface area contributed by atoms with Gasteiger partial charge in [-0.3, -0.25) is 0 Å². The van der Waals surface area contributed by atoms with Crippen LogP contribution in [0.15, 0.2) is 18.2 Å². The highest BCUT2D eigenvalue weighted by atomic mass is 19.1. The van der Waals surface area contributed by atoms with E-state index in [0.29, 0.717) is 30.6 Å². The Kier molecular flexibility index (Phi) is 9.62. The van der Waals surface area contributed by atoms with Gasteiger partial charge in [0.2, 0.25) is 0 Å². The van der Waals surface area contributed by atoms with Crippen LogP contribution in [-0.4, -0.2) is 13.2 Å². The summed E-state index contributed by atoms with van der Waals surface area (Å²) in [5.74, 6) is 1.54. The predicted octanol–water partition coefficient (Wildman–Crippen LogP) is 7.31. The maximum atomic E-state index is 13.9. The van der Waals surface area contributed by atoms with Gasteiger partial charge in [0.05, 0.1) is 18.8 Å². The topological polar surface area (TPSA) is 42.2 Å². The van der Waals surface area contributed by atoms with Crippen LogP contribution in [0, 0.1) is 34.9 Å². The first-order valence-electron chi connectivity index (χ1n) is 12.1. The maximum Gasteiger partial charge on any atom is 0.183 e. The number of hydrogen-bond donors (Lipinski definition) is 0. The third kappa shape index (κ3) is 6.79. The van der Waals surface area contributed by atoms with Gasteiger partial charge in [-0.1, -0.05) is 77.2 Å². The number of hydrogen-bond acceptors (Lipinski definition) is 3. The molecule has 166 valence electrons. The Bertz CT molecular complexity index is 670. The van der Waals surface area contributed by atoms with E-state index in [1.54, 1.807) is 6.07 Å². The first-order chi connectivity index (χ1) is 14.7. The number of unbranched alkanes of at least 4 members (excludes halogenated alkanes) is 6. The first-order valence-corrected chi connectivity index (χ1v) is 12.1. The molecule has 0 radical (unpaired) electrons. The highest BCUT2D eigenvalue weighted by Crippen LogP contribution is 2.39. The van der Waals surface area contributed by atoms with Crippen molar-refractivity contribution in [3.63, 3.8) is 0 Å². The van der Waals surface area contributed by atoms with E-state index in [2.05, 4.69) is 6.92 Å². The molecule has 0 atom stereocenters. The summed E-state index contributed by atoms with van der Waals surface area (Å²) in [6.45, 7) is 3.63. The lowest BCUT2D eigenvalue weighted by molar-refractivity contribution is -0.214. The van der Waals surface area contributed by atoms with Crippen molar-refractivity contribution in [1.29, 1.82) is 5.26 Å². The van der Waals surface area contributed by atoms with Gasteiger partial charge in [-0.15, -0.1) is 0 Å². The van der Waals surface area contributed by atoms with Crippen LogP contribution in [-0.2, 0) is 9.47 Å². The van der Waals surface area contributed by atoms with Gasteiger partial charge in [-0.25, -0.2) is 4.39 Å². The maximum absolute atomic E-state index is 13.9. The van der Waals surface area contributed by atoms with Gasteiger partial charge < -0.3 is 9.47 Å². The van der Waals surface area contributed by atoms with E-state index in [-0.39, 0.29) is 5.56 Å². The molecule has 1 aromatic rings. The summed E-state index contributed by atoms with van der Waals surface area (Å²) in [4.78, 5) is 0. The SMILES string of the molecule is CCCCCCCCC[C@H]1CC[C@H]([C@H]2CO[C@H](c3ccc(C#N)c(F)c3)OC2)CC1. The Balaban J connectivity index is 1.32. The molecule has 3 nitrogen and oxygen atoms in total. The summed E-state index contributed by atoms with van der Waals surface area (Å²) in [6.07, 6.45) is 15.9. The average molecular weight is 416 g/mol. The summed E-state index contributed by atoms with van der Waals surface area (Å²) >= 11 is 0. The third-order valence-corrected chi connectivity index (χ3v) is 7.08. The number of nitrogens with zero attached hydrogens (tertiary/aromatic N) is 1. The Hall–Kier alpha value is -1.44. The zero-order valence-electron chi connectivity index (χ0n) is 18.6. The van der Waals surface area contributed by atoms with Gasteiger partial charge in [-0.05, 0) is 36.8 Å². The van der Waals surface area contributed by atoms with Gasteiger partial charge in [0, 0.05) is 11.5 Å². The molecule has 1 saturated heterocycles. The molecule has 2 aliphatic rings. The van der Waals surface area contributed by atoms with Crippen LogP contribution in [0.2, 0.25) is 0 Å². The van der Waals surface area contributed by atoms with Gasteiger partial charge in [0.1, 0.15) is 11.9 Å². The highest BCUT2D eigenvalue weighted by Gasteiger charge is 2.32. The number of rotatable bonds is 10. The number of halogens is 1. The summed E-state index contributed by atoms with van der Waals surface area (Å²) in [5.41, 5.74) is 0.712. The molecule has 1 aromatic carbocycles. The molecule has 0 bridgehead atoms. The molecule has 1 aliphatic carbocycles. The third-order valence-electron chi connectivity index (χ3n) is 7.08. The normalized spacial score (nSPS) is 27.0. The Morgan fingerprint density at radius 1 is 0.933 bits per heavy atom. The smallest absolute Gasteiger partial charge is 0.183 e. The molecule has 1 heterocycles. The average Bonchev–Trinajstić information content (AvgIpc) is 2.79. The molecule has 3 rings (SSSR count). The molecule has 0 N–H and O–H groups in total. The largest absolute Gasteiger partial charge is 0.348 e. The fourth-order valence-electron chi connectivity index (χ4n) is 5.09. The molecule has 0 unspecified atom stereocenters. The second-order valence-corrected chi connectivity index (χ2v) is 9.30. The lowest BCUT2D eigenvalue weighted by atomic mass is 9.74. The molecule has 4 heteroatoms. The van der Waals surface area contributed by atoms with Crippen molar-refractivity contribution in [2.45, 2.75) is 90.3 Å². The van der Waals surface area contributed by atoms with Crippen molar-refractivity contribution in [2.24, 2.45) is 17.8 Å². The molecule has 30 heavy (non-hydrogen) atoms. The Morgan fingerprint density at radius 2 is 1.60 bits per heavy atom. The van der Waals surface area contributed by atoms with E-state index in [1.807, 2.05) is 6.07 Å². The number of benzene rings is 1. The zero-order valence-corrected chi connectivity index (χ0v) is 18.6. The summed E-state index contributed by atoms with van der Waals surface area (Å²) < 4.78 is 25.7. The van der Waals surface area contributed by atoms with Gasteiger partial charge in [-0.2, -0.15) is 5.26 Å². The van der Waals surface area contributed by atoms with Crippen LogP contribution in [0.5, 0.6) is 0 Å². The summed E-state index contributed by atoms with van der Waals surface area (Å²) in [6, 6.07) is 6.43. The number of ether oxygens (including phenoxy) is 2. The molecule has 2 fully saturated rings. The molecule has 1 aliphatic heterocycles. The quantitative estimate of drug-likeness (QED) is 0.376. The summed E-state index contributed by atoms with van der Waals surface area (Å²) in [7, 11) is 0. The standard InChI is InChI=1S/C26H38FNO2/c1-2-3-4-5-6-7-8-9-20-10-12-21(13-11-20)24-18-29-26(30-19-24)22-14-15-23(17-28)25(27)16-22/h14-16,20-21,24,26H,2-13,18-19H2,1H3/t20-,21-,24-,26-. The van der Waals surface area contributed by atoms with Crippen molar-refractivity contribution in [3.05, 3.63) is 35.1 Å². The highest BCUT2D eigenvalue weighted by molar-refractivity contribution is 5.33. The van der Waals surface area contributed by atoms with Gasteiger partial charge in [0.15, 0.2) is 6.29 Å². The zero-order chi connectivity index (χ0) is 21.2. The van der Waals surface area contributed by atoms with Crippen molar-refractivity contribution < 1.29 is 13.9 Å². The Labute approximate surface area is 182 Å². The van der Waals surface area contributed by atoms with E-state index in [4.69, 9.17) is 14.7 Å². The van der Waals surface area contributed by atoms with Crippen molar-refractivity contribution in [1.82, 2.24) is 0 Å². The van der Waals surface area contributed by atoms with Crippen LogP contribution in [0.3, 0.4) is 0 Å². The molecular weight excluding hydrogens is 377 g/mol. The lowest BCUT2D eigenvalue weighted by Gasteiger charge is -2.38. The minimum atomic E-state index is -0.517. The van der Waals surface area contributed by atoms with E-state index >= 15 is 0 Å². The minimum absolute atomic E-state index is 0.0562. The first kappa shape index (κ1) is 23.2. The monoisotopic (exact) mass is 415 g/mol. The fraction of sp³-hybridized carbons (Fsp3) is 0.731. The Morgan fingerprint density at radius 3 is 2.23 bits per heavy atom. The van der Waals surface area contributed by atoms with Crippen molar-refractivity contribution >= 4 is 0 Å². The minimum Gasteiger partial charge on any atom is -0.348 e. The van der Waals surface area contributed by atoms with Gasteiger partial charge >= 0.3 is 0 Å². The molecule has 0 aromatic heterocycles. The van der Waals surface area contributed by atoms with E-state index in [9.17, 15) is 4.39 Å². The van der Waals surface area contributed by atoms with Crippen LogP contribution < -0.4 is 0 Å². The second kappa shape index (κ2) is 12.4. The van der Waals surface area contributed by atoms with Gasteiger partial charge in [0.25, 0.3) is 0 Å². The second-order valence-electron chi connectivity index (χ2n) is 9.30. The molecule has 0 spiro atoms. The summed E-state index contributed by atoms with van der Waals surface area (Å²) in [5, 5.41) is 8.86. The predicted molar refractivity (Wildman–Crippen MR) is 117 cm³/mol. The van der Waals surface area contributed by atoms with Crippen LogP contribution >= 0.6 is 0 Å². The fourth-order valence-corrected chi connectivity index (χ4v) is 5.09. The van der Waals surface area contributed by atoms with E-state index in [1.165, 1.54) is 89.2 Å². The van der Waals surface area contributed by atoms with E-state index < -0.39 is 12.1 Å². The van der Waals surface area contributed by atoms with Crippen LogP contribution in [0.4, 0.5) is 4.39 Å². The molecule has 1 saturated carbocycles. The van der Waals surface area contributed by atoms with Crippen molar-refractivity contribution in [2.75, 3.05) is 13.2 Å². The van der Waals surface area contributed by atoms with Crippen molar-refractivity contribution in [3.8, 4) is 6.07 Å².